The van der Waals surface area contributed by atoms with Crippen molar-refractivity contribution in [3.63, 3.8) is 0 Å². The summed E-state index contributed by atoms with van der Waals surface area (Å²) in [7, 11) is 0. The van der Waals surface area contributed by atoms with Crippen molar-refractivity contribution in [3.8, 4) is 5.75 Å². The summed E-state index contributed by atoms with van der Waals surface area (Å²) >= 11 is 0. The van der Waals surface area contributed by atoms with Gasteiger partial charge in [-0.3, -0.25) is 4.79 Å². The minimum atomic E-state index is -0.296. The van der Waals surface area contributed by atoms with Gasteiger partial charge in [0, 0.05) is 24.0 Å². The first-order chi connectivity index (χ1) is 10.0. The van der Waals surface area contributed by atoms with Crippen LogP contribution in [-0.4, -0.2) is 17.6 Å². The molecule has 1 unspecified atom stereocenters. The van der Waals surface area contributed by atoms with Crippen molar-refractivity contribution in [2.75, 3.05) is 17.2 Å². The Morgan fingerprint density at radius 2 is 1.95 bits per heavy atom. The van der Waals surface area contributed by atoms with Crippen LogP contribution in [0.2, 0.25) is 0 Å². The Bertz CT molecular complexity index is 640. The van der Waals surface area contributed by atoms with Crippen LogP contribution in [-0.2, 0) is 4.79 Å². The molecule has 0 saturated heterocycles. The Balaban J connectivity index is 2.28. The SMILES string of the molecule is CCN(C(=O)C(C)c1cccc(N)c1)c1cccc(O)c1. The van der Waals surface area contributed by atoms with Gasteiger partial charge in [-0.05, 0) is 43.7 Å². The van der Waals surface area contributed by atoms with Crippen LogP contribution in [0.1, 0.15) is 25.3 Å². The maximum Gasteiger partial charge on any atom is 0.234 e. The highest BCUT2D eigenvalue weighted by atomic mass is 16.3. The summed E-state index contributed by atoms with van der Waals surface area (Å²) in [4.78, 5) is 14.4. The topological polar surface area (TPSA) is 66.6 Å². The van der Waals surface area contributed by atoms with Crippen LogP contribution in [0.25, 0.3) is 0 Å². The zero-order valence-corrected chi connectivity index (χ0v) is 12.3. The average molecular weight is 284 g/mol. The van der Waals surface area contributed by atoms with E-state index in [0.29, 0.717) is 17.9 Å². The van der Waals surface area contributed by atoms with Crippen molar-refractivity contribution in [1.82, 2.24) is 0 Å². The zero-order chi connectivity index (χ0) is 15.4. The lowest BCUT2D eigenvalue weighted by Crippen LogP contribution is -2.34. The highest BCUT2D eigenvalue weighted by molar-refractivity contribution is 5.98. The van der Waals surface area contributed by atoms with Crippen molar-refractivity contribution in [2.24, 2.45) is 0 Å². The van der Waals surface area contributed by atoms with Gasteiger partial charge in [-0.25, -0.2) is 0 Å². The molecule has 0 saturated carbocycles. The minimum Gasteiger partial charge on any atom is -0.508 e. The highest BCUT2D eigenvalue weighted by Gasteiger charge is 2.22. The van der Waals surface area contributed by atoms with Crippen molar-refractivity contribution < 1.29 is 9.90 Å². The first-order valence-electron chi connectivity index (χ1n) is 6.98. The number of aromatic hydroxyl groups is 1. The van der Waals surface area contributed by atoms with Crippen LogP contribution in [0.3, 0.4) is 0 Å². The van der Waals surface area contributed by atoms with E-state index in [1.165, 1.54) is 0 Å². The molecule has 0 aliphatic carbocycles. The molecule has 3 N–H and O–H groups in total. The van der Waals surface area contributed by atoms with E-state index in [2.05, 4.69) is 0 Å². The Hall–Kier alpha value is -2.49. The zero-order valence-electron chi connectivity index (χ0n) is 12.3. The van der Waals surface area contributed by atoms with Crippen molar-refractivity contribution in [1.29, 1.82) is 0 Å². The lowest BCUT2D eigenvalue weighted by molar-refractivity contribution is -0.119. The Labute approximate surface area is 124 Å². The van der Waals surface area contributed by atoms with Crippen LogP contribution in [0, 0.1) is 0 Å². The lowest BCUT2D eigenvalue weighted by Gasteiger charge is -2.25. The molecule has 4 heteroatoms. The number of hydrogen-bond acceptors (Lipinski definition) is 3. The van der Waals surface area contributed by atoms with E-state index in [1.807, 2.05) is 38.1 Å². The van der Waals surface area contributed by atoms with Gasteiger partial charge >= 0.3 is 0 Å². The molecule has 1 atom stereocenters. The molecule has 1 amide bonds. The molecule has 21 heavy (non-hydrogen) atoms. The number of nitrogen functional groups attached to an aromatic ring is 1. The van der Waals surface area contributed by atoms with E-state index in [0.717, 1.165) is 5.56 Å². The quantitative estimate of drug-likeness (QED) is 0.848. The highest BCUT2D eigenvalue weighted by Crippen LogP contribution is 2.25. The van der Waals surface area contributed by atoms with E-state index in [-0.39, 0.29) is 17.6 Å². The van der Waals surface area contributed by atoms with Crippen LogP contribution in [0.15, 0.2) is 48.5 Å². The second-order valence-corrected chi connectivity index (χ2v) is 4.99. The van der Waals surface area contributed by atoms with Gasteiger partial charge in [0.2, 0.25) is 5.91 Å². The first-order valence-corrected chi connectivity index (χ1v) is 6.98. The smallest absolute Gasteiger partial charge is 0.234 e. The fourth-order valence-corrected chi connectivity index (χ4v) is 2.33. The molecule has 0 aromatic heterocycles. The summed E-state index contributed by atoms with van der Waals surface area (Å²) in [6.07, 6.45) is 0. The van der Waals surface area contributed by atoms with Crippen LogP contribution in [0.5, 0.6) is 5.75 Å². The summed E-state index contributed by atoms with van der Waals surface area (Å²) in [5.41, 5.74) is 8.00. The number of phenols is 1. The van der Waals surface area contributed by atoms with Gasteiger partial charge in [0.1, 0.15) is 5.75 Å². The number of likely N-dealkylation sites (N-methyl/N-ethyl adjacent to an activating group) is 1. The minimum absolute atomic E-state index is 0.0197. The number of anilines is 2. The molecule has 0 fully saturated rings. The number of amides is 1. The van der Waals surface area contributed by atoms with Crippen LogP contribution in [0.4, 0.5) is 11.4 Å². The molecule has 0 bridgehead atoms. The maximum atomic E-state index is 12.7. The summed E-state index contributed by atoms with van der Waals surface area (Å²) in [5.74, 6) is -0.167. The number of carbonyl (C=O) groups excluding carboxylic acids is 1. The molecule has 2 aromatic rings. The van der Waals surface area contributed by atoms with Gasteiger partial charge in [-0.2, -0.15) is 0 Å². The Morgan fingerprint density at radius 3 is 2.57 bits per heavy atom. The fraction of sp³-hybridized carbons (Fsp3) is 0.235. The van der Waals surface area contributed by atoms with E-state index < -0.39 is 0 Å². The number of carbonyl (C=O) groups is 1. The molecule has 0 aliphatic heterocycles. The predicted molar refractivity (Wildman–Crippen MR) is 85.4 cm³/mol. The second-order valence-electron chi connectivity index (χ2n) is 4.99. The lowest BCUT2D eigenvalue weighted by atomic mass is 9.99. The first kappa shape index (κ1) is 14.9. The van der Waals surface area contributed by atoms with Gasteiger partial charge in [-0.1, -0.05) is 18.2 Å². The van der Waals surface area contributed by atoms with E-state index in [9.17, 15) is 9.90 Å². The summed E-state index contributed by atoms with van der Waals surface area (Å²) in [6.45, 7) is 4.31. The molecule has 4 nitrogen and oxygen atoms in total. The van der Waals surface area contributed by atoms with Gasteiger partial charge in [-0.15, -0.1) is 0 Å². The molecule has 0 radical (unpaired) electrons. The molecule has 2 aromatic carbocycles. The van der Waals surface area contributed by atoms with E-state index in [1.54, 1.807) is 29.2 Å². The summed E-state index contributed by atoms with van der Waals surface area (Å²) in [6, 6.07) is 14.1. The van der Waals surface area contributed by atoms with E-state index in [4.69, 9.17) is 5.73 Å². The summed E-state index contributed by atoms with van der Waals surface area (Å²) in [5, 5.41) is 9.58. The molecule has 0 spiro atoms. The average Bonchev–Trinajstić information content (AvgIpc) is 2.47. The maximum absolute atomic E-state index is 12.7. The summed E-state index contributed by atoms with van der Waals surface area (Å²) < 4.78 is 0. The largest absolute Gasteiger partial charge is 0.508 e. The third kappa shape index (κ3) is 3.34. The van der Waals surface area contributed by atoms with Crippen molar-refractivity contribution in [2.45, 2.75) is 19.8 Å². The molecule has 0 heterocycles. The number of rotatable bonds is 4. The predicted octanol–water partition coefficient (Wildman–Crippen LogP) is 3.13. The standard InChI is InChI=1S/C17H20N2O2/c1-3-19(15-8-5-9-16(20)11-15)17(21)12(2)13-6-4-7-14(18)10-13/h4-12,20H,3,18H2,1-2H3. The fourth-order valence-electron chi connectivity index (χ4n) is 2.33. The molecule has 2 rings (SSSR count). The molecular formula is C17H20N2O2. The monoisotopic (exact) mass is 284 g/mol. The number of benzene rings is 2. The number of phenolic OH excluding ortho intramolecular Hbond substituents is 1. The van der Waals surface area contributed by atoms with Crippen LogP contribution < -0.4 is 10.6 Å². The van der Waals surface area contributed by atoms with Gasteiger partial charge in [0.25, 0.3) is 0 Å². The van der Waals surface area contributed by atoms with Crippen molar-refractivity contribution >= 4 is 17.3 Å². The van der Waals surface area contributed by atoms with Gasteiger partial charge in [0.15, 0.2) is 0 Å². The third-order valence-corrected chi connectivity index (χ3v) is 3.50. The van der Waals surface area contributed by atoms with Crippen LogP contribution >= 0.6 is 0 Å². The van der Waals surface area contributed by atoms with Gasteiger partial charge in [0.05, 0.1) is 5.92 Å². The second kappa shape index (κ2) is 6.31. The number of nitrogens with two attached hydrogens (primary N) is 1. The van der Waals surface area contributed by atoms with Gasteiger partial charge < -0.3 is 15.7 Å². The Kier molecular flexibility index (Phi) is 4.48. The van der Waals surface area contributed by atoms with Crippen molar-refractivity contribution in [3.05, 3.63) is 54.1 Å². The molecule has 110 valence electrons. The Morgan fingerprint density at radius 1 is 1.24 bits per heavy atom. The normalized spacial score (nSPS) is 11.9. The van der Waals surface area contributed by atoms with E-state index >= 15 is 0 Å². The third-order valence-electron chi connectivity index (χ3n) is 3.50. The number of hydrogen-bond donors (Lipinski definition) is 2. The molecule has 0 aliphatic rings. The molecular weight excluding hydrogens is 264 g/mol. The number of nitrogens with zero attached hydrogens (tertiary/aromatic N) is 1.